The van der Waals surface area contributed by atoms with Gasteiger partial charge in [0, 0.05) is 30.7 Å². The smallest absolute Gasteiger partial charge is 0.410 e. The summed E-state index contributed by atoms with van der Waals surface area (Å²) in [6, 6.07) is 7.75. The van der Waals surface area contributed by atoms with E-state index in [-0.39, 0.29) is 22.8 Å². The number of nitrogens with zero attached hydrogens (tertiary/aromatic N) is 2. The molecular weight excluding hydrogens is 496 g/mol. The van der Waals surface area contributed by atoms with E-state index in [9.17, 15) is 14.7 Å². The summed E-state index contributed by atoms with van der Waals surface area (Å²) in [5, 5.41) is 12.2. The van der Waals surface area contributed by atoms with Crippen LogP contribution in [0.2, 0.25) is 0 Å². The molecule has 0 bridgehead atoms. The molecule has 2 amide bonds. The van der Waals surface area contributed by atoms with Crippen LogP contribution >= 0.6 is 15.9 Å². The van der Waals surface area contributed by atoms with Crippen LogP contribution in [-0.2, 0) is 9.53 Å². The van der Waals surface area contributed by atoms with Gasteiger partial charge in [-0.15, -0.1) is 0 Å². The fourth-order valence-electron chi connectivity index (χ4n) is 6.33. The van der Waals surface area contributed by atoms with Crippen molar-refractivity contribution in [2.45, 2.75) is 84.8 Å². The molecule has 190 valence electrons. The highest BCUT2D eigenvalue weighted by molar-refractivity contribution is 9.10. The molecule has 0 aromatic heterocycles. The average Bonchev–Trinajstić information content (AvgIpc) is 2.63. The summed E-state index contributed by atoms with van der Waals surface area (Å²) in [5.41, 5.74) is -1.07. The molecule has 1 aliphatic heterocycles. The van der Waals surface area contributed by atoms with Crippen LogP contribution in [0.1, 0.15) is 79.2 Å². The molecule has 1 aromatic carbocycles. The Labute approximate surface area is 213 Å². The van der Waals surface area contributed by atoms with Crippen molar-refractivity contribution < 1.29 is 19.4 Å². The fourth-order valence-corrected chi connectivity index (χ4v) is 6.75. The quantitative estimate of drug-likeness (QED) is 0.547. The molecule has 1 aromatic rings. The van der Waals surface area contributed by atoms with Gasteiger partial charge in [0.05, 0.1) is 11.5 Å². The van der Waals surface area contributed by atoms with E-state index in [1.807, 2.05) is 45.0 Å². The maximum atomic E-state index is 14.1. The number of hydrogen-bond acceptors (Lipinski definition) is 4. The maximum absolute atomic E-state index is 14.1. The number of halogens is 1. The SMILES string of the molecule is CC1(C)CC(C)(C)CC(O)(C(C(=O)N2CCN(C(=O)OC(C)(C)C)CC2)c2cccc(Br)c2)C1. The number of benzene rings is 1. The van der Waals surface area contributed by atoms with E-state index < -0.39 is 17.1 Å². The Morgan fingerprint density at radius 3 is 2.00 bits per heavy atom. The zero-order chi connectivity index (χ0) is 25.5. The number of rotatable bonds is 3. The van der Waals surface area contributed by atoms with Crippen molar-refractivity contribution in [2.24, 2.45) is 10.8 Å². The molecule has 0 radical (unpaired) electrons. The van der Waals surface area contributed by atoms with Crippen LogP contribution in [0, 0.1) is 10.8 Å². The van der Waals surface area contributed by atoms with Crippen molar-refractivity contribution in [3.8, 4) is 0 Å². The number of amides is 2. The molecule has 0 spiro atoms. The number of piperazine rings is 1. The lowest BCUT2D eigenvalue weighted by Crippen LogP contribution is -2.57. The van der Waals surface area contributed by atoms with Gasteiger partial charge < -0.3 is 19.6 Å². The molecule has 2 aliphatic rings. The van der Waals surface area contributed by atoms with Crippen molar-refractivity contribution in [1.29, 1.82) is 0 Å². The van der Waals surface area contributed by atoms with Crippen LogP contribution in [0.4, 0.5) is 4.79 Å². The monoisotopic (exact) mass is 536 g/mol. The fraction of sp³-hybridized carbons (Fsp3) is 0.704. The lowest BCUT2D eigenvalue weighted by molar-refractivity contribution is -0.151. The molecule has 1 aliphatic carbocycles. The van der Waals surface area contributed by atoms with Gasteiger partial charge in [0.1, 0.15) is 5.60 Å². The summed E-state index contributed by atoms with van der Waals surface area (Å²) in [7, 11) is 0. The molecule has 1 atom stereocenters. The third kappa shape index (κ3) is 6.54. The van der Waals surface area contributed by atoms with Crippen molar-refractivity contribution in [2.75, 3.05) is 26.2 Å². The molecule has 2 fully saturated rings. The van der Waals surface area contributed by atoms with Gasteiger partial charge in [-0.3, -0.25) is 4.79 Å². The van der Waals surface area contributed by atoms with Crippen molar-refractivity contribution in [1.82, 2.24) is 9.80 Å². The number of carbonyl (C=O) groups excluding carboxylic acids is 2. The Kier molecular flexibility index (Phi) is 7.51. The zero-order valence-corrected chi connectivity index (χ0v) is 23.4. The van der Waals surface area contributed by atoms with Crippen LogP contribution in [0.25, 0.3) is 0 Å². The maximum Gasteiger partial charge on any atom is 0.410 e. The molecule has 6 nitrogen and oxygen atoms in total. The molecule has 34 heavy (non-hydrogen) atoms. The summed E-state index contributed by atoms with van der Waals surface area (Å²) in [6.45, 7) is 16.0. The van der Waals surface area contributed by atoms with Gasteiger partial charge in [-0.05, 0) is 68.6 Å². The van der Waals surface area contributed by atoms with E-state index in [2.05, 4.69) is 43.6 Å². The second-order valence-electron chi connectivity index (χ2n) is 12.7. The summed E-state index contributed by atoms with van der Waals surface area (Å²) in [4.78, 5) is 30.0. The highest BCUT2D eigenvalue weighted by atomic mass is 79.9. The third-order valence-electron chi connectivity index (χ3n) is 6.74. The van der Waals surface area contributed by atoms with E-state index in [1.54, 1.807) is 9.80 Å². The molecule has 1 unspecified atom stereocenters. The molecule has 1 saturated heterocycles. The lowest BCUT2D eigenvalue weighted by Gasteiger charge is -2.52. The minimum atomic E-state index is -1.16. The van der Waals surface area contributed by atoms with E-state index in [4.69, 9.17) is 4.74 Å². The second kappa shape index (κ2) is 9.45. The summed E-state index contributed by atoms with van der Waals surface area (Å²) < 4.78 is 6.38. The van der Waals surface area contributed by atoms with Gasteiger partial charge in [0.2, 0.25) is 5.91 Å². The van der Waals surface area contributed by atoms with Crippen LogP contribution in [0.15, 0.2) is 28.7 Å². The lowest BCUT2D eigenvalue weighted by atomic mass is 9.56. The van der Waals surface area contributed by atoms with E-state index in [0.717, 1.165) is 16.5 Å². The molecule has 1 heterocycles. The van der Waals surface area contributed by atoms with Gasteiger partial charge in [-0.2, -0.15) is 0 Å². The molecule has 7 heteroatoms. The summed E-state index contributed by atoms with van der Waals surface area (Å²) >= 11 is 3.55. The Morgan fingerprint density at radius 2 is 1.50 bits per heavy atom. The first-order valence-electron chi connectivity index (χ1n) is 12.2. The molecule has 3 rings (SSSR count). The van der Waals surface area contributed by atoms with E-state index >= 15 is 0 Å². The van der Waals surface area contributed by atoms with Crippen LogP contribution in [-0.4, -0.2) is 64.3 Å². The topological polar surface area (TPSA) is 70.1 Å². The molecule has 1 saturated carbocycles. The number of aliphatic hydroxyl groups is 1. The minimum Gasteiger partial charge on any atom is -0.444 e. The Hall–Kier alpha value is -1.60. The minimum absolute atomic E-state index is 0.0714. The molecular formula is C27H41BrN2O4. The highest BCUT2D eigenvalue weighted by Crippen LogP contribution is 2.54. The first kappa shape index (κ1) is 27.0. The van der Waals surface area contributed by atoms with Crippen LogP contribution in [0.3, 0.4) is 0 Å². The van der Waals surface area contributed by atoms with Crippen LogP contribution in [0.5, 0.6) is 0 Å². The molecule has 1 N–H and O–H groups in total. The second-order valence-corrected chi connectivity index (χ2v) is 13.7. The standard InChI is InChI=1S/C27H41BrN2O4/c1-24(2,3)34-23(32)30-13-11-29(12-14-30)22(31)21(19-9-8-10-20(28)15-19)27(33)17-25(4,5)16-26(6,7)18-27/h8-10,15,21,33H,11-14,16-18H2,1-7H3. The Morgan fingerprint density at radius 1 is 0.971 bits per heavy atom. The van der Waals surface area contributed by atoms with Crippen molar-refractivity contribution >= 4 is 27.9 Å². The zero-order valence-electron chi connectivity index (χ0n) is 21.8. The van der Waals surface area contributed by atoms with Gasteiger partial charge >= 0.3 is 6.09 Å². The van der Waals surface area contributed by atoms with Crippen LogP contribution < -0.4 is 0 Å². The highest BCUT2D eigenvalue weighted by Gasteiger charge is 2.53. The number of ether oxygens (including phenoxy) is 1. The predicted octanol–water partition coefficient (Wildman–Crippen LogP) is 5.58. The predicted molar refractivity (Wildman–Crippen MR) is 138 cm³/mol. The number of carbonyl (C=O) groups is 2. The van der Waals surface area contributed by atoms with Gasteiger partial charge in [0.25, 0.3) is 0 Å². The summed E-state index contributed by atoms with van der Waals surface area (Å²) in [6.07, 6.45) is 1.77. The largest absolute Gasteiger partial charge is 0.444 e. The van der Waals surface area contributed by atoms with Gasteiger partial charge in [0.15, 0.2) is 0 Å². The first-order valence-corrected chi connectivity index (χ1v) is 13.0. The average molecular weight is 538 g/mol. The Balaban J connectivity index is 1.87. The van der Waals surface area contributed by atoms with Crippen molar-refractivity contribution in [3.05, 3.63) is 34.3 Å². The van der Waals surface area contributed by atoms with Crippen molar-refractivity contribution in [3.63, 3.8) is 0 Å². The summed E-state index contributed by atoms with van der Waals surface area (Å²) in [5.74, 6) is -0.741. The first-order chi connectivity index (χ1) is 15.5. The number of hydrogen-bond donors (Lipinski definition) is 1. The van der Waals surface area contributed by atoms with Gasteiger partial charge in [-0.25, -0.2) is 4.79 Å². The Bertz CT molecular complexity index is 897. The normalized spacial score (nSPS) is 22.7. The van der Waals surface area contributed by atoms with E-state index in [0.29, 0.717) is 39.0 Å². The van der Waals surface area contributed by atoms with E-state index in [1.165, 1.54) is 0 Å². The van der Waals surface area contributed by atoms with Gasteiger partial charge in [-0.1, -0.05) is 55.8 Å². The third-order valence-corrected chi connectivity index (χ3v) is 7.23.